The maximum Gasteiger partial charge on any atom is 0.322 e. The Morgan fingerprint density at radius 1 is 0.907 bits per heavy atom. The molecule has 2 aliphatic heterocycles. The normalized spacial score (nSPS) is 16.4. The van der Waals surface area contributed by atoms with Crippen LogP contribution >= 0.6 is 0 Å². The molecule has 224 valence electrons. The summed E-state index contributed by atoms with van der Waals surface area (Å²) in [5.41, 5.74) is 5.44. The molecule has 3 aromatic rings. The standard InChI is InChI=1S/C33H36N4O5S/c1-24(2)31(33(39)40)34-43(41,42)37-20-18-35(19-21-37)29-14-11-25(12-15-29)8-9-26-10-13-28-16-17-36(32(38)30(28)22-26)23-27-6-4-3-5-7-27/h3-7,10-15,22,24,31,34H,16-21,23H2,1-2H3,(H,39,40)/t31-/m1/s1. The summed E-state index contributed by atoms with van der Waals surface area (Å²) in [5.74, 6) is 4.85. The predicted molar refractivity (Wildman–Crippen MR) is 166 cm³/mol. The molecule has 1 saturated heterocycles. The van der Waals surface area contributed by atoms with Gasteiger partial charge < -0.3 is 14.9 Å². The lowest BCUT2D eigenvalue weighted by Crippen LogP contribution is -2.55. The zero-order valence-electron chi connectivity index (χ0n) is 24.4. The summed E-state index contributed by atoms with van der Waals surface area (Å²) in [7, 11) is -3.91. The van der Waals surface area contributed by atoms with Crippen LogP contribution in [-0.2, 0) is 28.0 Å². The molecule has 43 heavy (non-hydrogen) atoms. The largest absolute Gasteiger partial charge is 0.480 e. The quantitative estimate of drug-likeness (QED) is 0.384. The second kappa shape index (κ2) is 13.0. The Balaban J connectivity index is 1.19. The van der Waals surface area contributed by atoms with Crippen molar-refractivity contribution in [3.63, 3.8) is 0 Å². The van der Waals surface area contributed by atoms with Crippen LogP contribution in [0.4, 0.5) is 5.69 Å². The van der Waals surface area contributed by atoms with Gasteiger partial charge in [-0.05, 0) is 59.9 Å². The van der Waals surface area contributed by atoms with E-state index in [2.05, 4.69) is 21.5 Å². The molecule has 0 aromatic heterocycles. The first-order valence-corrected chi connectivity index (χ1v) is 15.9. The minimum atomic E-state index is -3.91. The average Bonchev–Trinajstić information content (AvgIpc) is 3.01. The summed E-state index contributed by atoms with van der Waals surface area (Å²) in [6.07, 6.45) is 0.820. The van der Waals surface area contributed by atoms with Crippen LogP contribution in [0.5, 0.6) is 0 Å². The Labute approximate surface area is 253 Å². The molecule has 0 aliphatic carbocycles. The van der Waals surface area contributed by atoms with Gasteiger partial charge in [-0.2, -0.15) is 17.4 Å². The first kappa shape index (κ1) is 30.3. The molecule has 0 unspecified atom stereocenters. The van der Waals surface area contributed by atoms with Crippen molar-refractivity contribution in [1.82, 2.24) is 13.9 Å². The van der Waals surface area contributed by atoms with Gasteiger partial charge in [-0.15, -0.1) is 0 Å². The average molecular weight is 601 g/mol. The molecule has 0 bridgehead atoms. The summed E-state index contributed by atoms with van der Waals surface area (Å²) in [6.45, 7) is 6.09. The van der Waals surface area contributed by atoms with Crippen LogP contribution < -0.4 is 9.62 Å². The number of hydrogen-bond donors (Lipinski definition) is 2. The highest BCUT2D eigenvalue weighted by molar-refractivity contribution is 7.87. The van der Waals surface area contributed by atoms with Crippen LogP contribution in [-0.4, -0.2) is 73.4 Å². The summed E-state index contributed by atoms with van der Waals surface area (Å²) in [6, 6.07) is 22.5. The molecular weight excluding hydrogens is 564 g/mol. The summed E-state index contributed by atoms with van der Waals surface area (Å²) in [5, 5.41) is 9.36. The van der Waals surface area contributed by atoms with Crippen LogP contribution in [0.25, 0.3) is 0 Å². The SMILES string of the molecule is CC(C)[C@@H](NS(=O)(=O)N1CCN(c2ccc(C#Cc3ccc4c(c3)C(=O)N(Cc3ccccc3)CC4)cc2)CC1)C(=O)O. The predicted octanol–water partition coefficient (Wildman–Crippen LogP) is 3.35. The molecule has 3 aromatic carbocycles. The number of nitrogens with one attached hydrogen (secondary N) is 1. The fourth-order valence-corrected chi connectivity index (χ4v) is 6.83. The lowest BCUT2D eigenvalue weighted by molar-refractivity contribution is -0.140. The Bertz CT molecular complexity index is 1640. The van der Waals surface area contributed by atoms with Crippen LogP contribution in [0.2, 0.25) is 0 Å². The van der Waals surface area contributed by atoms with E-state index in [9.17, 15) is 23.1 Å². The molecule has 10 heteroatoms. The van der Waals surface area contributed by atoms with E-state index in [0.29, 0.717) is 31.7 Å². The van der Waals surface area contributed by atoms with Gasteiger partial charge >= 0.3 is 5.97 Å². The lowest BCUT2D eigenvalue weighted by atomic mass is 9.96. The van der Waals surface area contributed by atoms with Crippen molar-refractivity contribution in [2.45, 2.75) is 32.9 Å². The minimum Gasteiger partial charge on any atom is -0.480 e. The maximum atomic E-state index is 13.2. The number of nitrogens with zero attached hydrogens (tertiary/aromatic N) is 3. The van der Waals surface area contributed by atoms with Crippen LogP contribution in [0, 0.1) is 17.8 Å². The van der Waals surface area contributed by atoms with Crippen molar-refractivity contribution in [3.05, 3.63) is 101 Å². The smallest absolute Gasteiger partial charge is 0.322 e. The molecule has 1 amide bonds. The molecule has 0 radical (unpaired) electrons. The van der Waals surface area contributed by atoms with Gasteiger partial charge in [-0.25, -0.2) is 0 Å². The molecule has 0 spiro atoms. The van der Waals surface area contributed by atoms with Crippen molar-refractivity contribution in [3.8, 4) is 11.8 Å². The van der Waals surface area contributed by atoms with E-state index >= 15 is 0 Å². The van der Waals surface area contributed by atoms with Crippen molar-refractivity contribution >= 4 is 27.8 Å². The number of benzene rings is 3. The van der Waals surface area contributed by atoms with Crippen molar-refractivity contribution < 1.29 is 23.1 Å². The number of carbonyl (C=O) groups excluding carboxylic acids is 1. The highest BCUT2D eigenvalue weighted by Gasteiger charge is 2.33. The van der Waals surface area contributed by atoms with Gasteiger partial charge in [0, 0.05) is 61.6 Å². The third-order valence-corrected chi connectivity index (χ3v) is 9.46. The molecule has 9 nitrogen and oxygen atoms in total. The first-order valence-electron chi connectivity index (χ1n) is 14.4. The van der Waals surface area contributed by atoms with Crippen molar-refractivity contribution in [2.75, 3.05) is 37.6 Å². The van der Waals surface area contributed by atoms with Gasteiger partial charge in [0.15, 0.2) is 0 Å². The number of hydrogen-bond acceptors (Lipinski definition) is 5. The number of carboxylic acid groups (broad SMARTS) is 1. The van der Waals surface area contributed by atoms with Crippen LogP contribution in [0.1, 0.15) is 46.5 Å². The van der Waals surface area contributed by atoms with Gasteiger partial charge in [-0.1, -0.05) is 62.1 Å². The van der Waals surface area contributed by atoms with E-state index in [1.807, 2.05) is 77.7 Å². The molecule has 2 aliphatic rings. The molecular formula is C33H36N4O5S. The molecule has 2 N–H and O–H groups in total. The highest BCUT2D eigenvalue weighted by Crippen LogP contribution is 2.23. The van der Waals surface area contributed by atoms with E-state index in [1.54, 1.807) is 13.8 Å². The Kier molecular flexibility index (Phi) is 9.16. The molecule has 1 atom stereocenters. The van der Waals surface area contributed by atoms with Crippen molar-refractivity contribution in [2.24, 2.45) is 5.92 Å². The summed E-state index contributed by atoms with van der Waals surface area (Å²) >= 11 is 0. The van der Waals surface area contributed by atoms with E-state index in [-0.39, 0.29) is 24.9 Å². The Morgan fingerprint density at radius 2 is 1.56 bits per heavy atom. The number of rotatable bonds is 8. The number of piperazine rings is 1. The van der Waals surface area contributed by atoms with E-state index < -0.39 is 22.2 Å². The van der Waals surface area contributed by atoms with E-state index in [0.717, 1.165) is 34.4 Å². The Morgan fingerprint density at radius 3 is 2.21 bits per heavy atom. The maximum absolute atomic E-state index is 13.2. The van der Waals surface area contributed by atoms with Crippen LogP contribution in [0.15, 0.2) is 72.8 Å². The molecule has 1 fully saturated rings. The lowest BCUT2D eigenvalue weighted by Gasteiger charge is -2.36. The zero-order chi connectivity index (χ0) is 30.6. The number of aliphatic carboxylic acids is 1. The fourth-order valence-electron chi connectivity index (χ4n) is 5.35. The molecule has 0 saturated carbocycles. The monoisotopic (exact) mass is 600 g/mol. The number of amides is 1. The van der Waals surface area contributed by atoms with E-state index in [1.165, 1.54) is 4.31 Å². The van der Waals surface area contributed by atoms with Gasteiger partial charge in [-0.3, -0.25) is 9.59 Å². The fraction of sp³-hybridized carbons (Fsp3) is 0.333. The Hall–Kier alpha value is -4.17. The summed E-state index contributed by atoms with van der Waals surface area (Å²) < 4.78 is 29.2. The minimum absolute atomic E-state index is 0.0309. The van der Waals surface area contributed by atoms with Gasteiger partial charge in [0.05, 0.1) is 0 Å². The van der Waals surface area contributed by atoms with E-state index in [4.69, 9.17) is 0 Å². The van der Waals surface area contributed by atoms with Gasteiger partial charge in [0.1, 0.15) is 6.04 Å². The highest BCUT2D eigenvalue weighted by atomic mass is 32.2. The first-order chi connectivity index (χ1) is 20.6. The summed E-state index contributed by atoms with van der Waals surface area (Å²) in [4.78, 5) is 28.7. The topological polar surface area (TPSA) is 110 Å². The van der Waals surface area contributed by atoms with Gasteiger partial charge in [0.25, 0.3) is 16.1 Å². The molecule has 5 rings (SSSR count). The zero-order valence-corrected chi connectivity index (χ0v) is 25.2. The number of fused-ring (bicyclic) bond motifs is 1. The van der Waals surface area contributed by atoms with Crippen LogP contribution in [0.3, 0.4) is 0 Å². The van der Waals surface area contributed by atoms with Gasteiger partial charge in [0.2, 0.25) is 0 Å². The third kappa shape index (κ3) is 7.25. The number of anilines is 1. The van der Waals surface area contributed by atoms with Crippen molar-refractivity contribution in [1.29, 1.82) is 0 Å². The number of carbonyl (C=O) groups is 2. The molecule has 2 heterocycles. The second-order valence-corrected chi connectivity index (χ2v) is 12.9. The number of carboxylic acids is 1. The third-order valence-electron chi connectivity index (χ3n) is 7.87. The second-order valence-electron chi connectivity index (χ2n) is 11.2.